The lowest BCUT2D eigenvalue weighted by molar-refractivity contribution is 0.0729. The number of hydrogen-bond donors (Lipinski definition) is 1. The Balaban J connectivity index is 2.23. The number of piperazine rings is 1. The van der Waals surface area contributed by atoms with Crippen molar-refractivity contribution >= 4 is 15.9 Å². The fraction of sp³-hybridized carbons (Fsp3) is 0.812. The van der Waals surface area contributed by atoms with Crippen molar-refractivity contribution in [3.8, 4) is 0 Å². The van der Waals surface area contributed by atoms with Gasteiger partial charge >= 0.3 is 0 Å². The summed E-state index contributed by atoms with van der Waals surface area (Å²) in [6.45, 7) is 15.2. The van der Waals surface area contributed by atoms with E-state index in [0.717, 1.165) is 38.3 Å². The maximum Gasteiger partial charge on any atom is 0.0739 e. The molecule has 2 unspecified atom stereocenters. The van der Waals surface area contributed by atoms with Gasteiger partial charge in [0.1, 0.15) is 0 Å². The molecule has 4 nitrogen and oxygen atoms in total. The summed E-state index contributed by atoms with van der Waals surface area (Å²) in [5.41, 5.74) is 2.63. The molecule has 0 aliphatic carbocycles. The molecule has 1 aliphatic heterocycles. The predicted octanol–water partition coefficient (Wildman–Crippen LogP) is 3.33. The lowest BCUT2D eigenvalue weighted by Gasteiger charge is -2.46. The molecule has 0 saturated carbocycles. The highest BCUT2D eigenvalue weighted by Crippen LogP contribution is 2.27. The molecule has 1 aromatic heterocycles. The van der Waals surface area contributed by atoms with Crippen LogP contribution in [0.4, 0.5) is 0 Å². The second-order valence-corrected chi connectivity index (χ2v) is 7.22. The molecule has 0 spiro atoms. The van der Waals surface area contributed by atoms with Crippen LogP contribution in [-0.4, -0.2) is 39.4 Å². The Morgan fingerprint density at radius 2 is 2.10 bits per heavy atom. The second kappa shape index (κ2) is 6.80. The molecule has 0 amide bonds. The first-order valence-corrected chi connectivity index (χ1v) is 8.94. The van der Waals surface area contributed by atoms with Gasteiger partial charge < -0.3 is 5.32 Å². The summed E-state index contributed by atoms with van der Waals surface area (Å²) in [6.07, 6.45) is 2.34. The molecule has 2 atom stereocenters. The van der Waals surface area contributed by atoms with Crippen LogP contribution in [0.25, 0.3) is 0 Å². The normalized spacial score (nSPS) is 27.2. The highest BCUT2D eigenvalue weighted by molar-refractivity contribution is 9.10. The van der Waals surface area contributed by atoms with Crippen LogP contribution in [0.1, 0.15) is 51.9 Å². The fourth-order valence-electron chi connectivity index (χ4n) is 3.16. The summed E-state index contributed by atoms with van der Waals surface area (Å²) < 4.78 is 3.31. The van der Waals surface area contributed by atoms with Crippen molar-refractivity contribution < 1.29 is 0 Å². The van der Waals surface area contributed by atoms with Crippen LogP contribution < -0.4 is 5.32 Å². The topological polar surface area (TPSA) is 33.1 Å². The summed E-state index contributed by atoms with van der Waals surface area (Å²) in [6, 6.07) is 0.608. The van der Waals surface area contributed by atoms with Crippen LogP contribution in [0.2, 0.25) is 0 Å². The average Bonchev–Trinajstić information content (AvgIpc) is 2.75. The van der Waals surface area contributed by atoms with Crippen molar-refractivity contribution in [1.82, 2.24) is 20.0 Å². The Morgan fingerprint density at radius 1 is 1.38 bits per heavy atom. The van der Waals surface area contributed by atoms with E-state index in [1.165, 1.54) is 16.6 Å². The zero-order valence-corrected chi connectivity index (χ0v) is 15.6. The third-order valence-electron chi connectivity index (χ3n) is 4.89. The van der Waals surface area contributed by atoms with Gasteiger partial charge in [0.15, 0.2) is 0 Å². The lowest BCUT2D eigenvalue weighted by Crippen LogP contribution is -2.62. The maximum absolute atomic E-state index is 4.63. The molecule has 1 fully saturated rings. The Morgan fingerprint density at radius 3 is 2.67 bits per heavy atom. The molecule has 1 saturated heterocycles. The van der Waals surface area contributed by atoms with Gasteiger partial charge in [-0.15, -0.1) is 0 Å². The molecule has 2 rings (SSSR count). The van der Waals surface area contributed by atoms with E-state index in [2.05, 4.69) is 70.5 Å². The van der Waals surface area contributed by atoms with Gasteiger partial charge in [-0.3, -0.25) is 9.58 Å². The molecular formula is C16H29BrN4. The van der Waals surface area contributed by atoms with Gasteiger partial charge in [-0.25, -0.2) is 0 Å². The monoisotopic (exact) mass is 356 g/mol. The van der Waals surface area contributed by atoms with Gasteiger partial charge in [0, 0.05) is 37.8 Å². The maximum atomic E-state index is 4.63. The lowest BCUT2D eigenvalue weighted by atomic mass is 9.92. The number of rotatable bonds is 5. The molecule has 1 N–H and O–H groups in total. The molecular weight excluding hydrogens is 328 g/mol. The Labute approximate surface area is 137 Å². The Bertz CT molecular complexity index is 485. The highest BCUT2D eigenvalue weighted by Gasteiger charge is 2.34. The van der Waals surface area contributed by atoms with Crippen LogP contribution in [0, 0.1) is 6.92 Å². The highest BCUT2D eigenvalue weighted by atomic mass is 79.9. The van der Waals surface area contributed by atoms with E-state index in [1.54, 1.807) is 0 Å². The molecule has 2 heterocycles. The quantitative estimate of drug-likeness (QED) is 0.878. The van der Waals surface area contributed by atoms with Crippen molar-refractivity contribution in [3.63, 3.8) is 0 Å². The van der Waals surface area contributed by atoms with Gasteiger partial charge in [0.05, 0.1) is 15.9 Å². The van der Waals surface area contributed by atoms with Crippen molar-refractivity contribution in [2.24, 2.45) is 0 Å². The fourth-order valence-corrected chi connectivity index (χ4v) is 3.57. The van der Waals surface area contributed by atoms with Crippen molar-refractivity contribution in [2.75, 3.05) is 13.1 Å². The number of aryl methyl sites for hydroxylation is 2. The predicted molar refractivity (Wildman–Crippen MR) is 91.5 cm³/mol. The van der Waals surface area contributed by atoms with Crippen molar-refractivity contribution in [1.29, 1.82) is 0 Å². The summed E-state index contributed by atoms with van der Waals surface area (Å²) >= 11 is 3.73. The number of halogens is 1. The molecule has 120 valence electrons. The molecule has 5 heteroatoms. The van der Waals surface area contributed by atoms with Crippen LogP contribution >= 0.6 is 15.9 Å². The largest absolute Gasteiger partial charge is 0.309 e. The van der Waals surface area contributed by atoms with E-state index in [1.807, 2.05) is 0 Å². The van der Waals surface area contributed by atoms with Gasteiger partial charge in [0.2, 0.25) is 0 Å². The molecule has 0 aromatic carbocycles. The van der Waals surface area contributed by atoms with E-state index in [-0.39, 0.29) is 5.54 Å². The number of nitrogens with zero attached hydrogens (tertiary/aromatic N) is 3. The minimum Gasteiger partial charge on any atom is -0.309 e. The van der Waals surface area contributed by atoms with E-state index in [0.29, 0.717) is 6.04 Å². The van der Waals surface area contributed by atoms with Crippen LogP contribution in [0.3, 0.4) is 0 Å². The minimum atomic E-state index is 0.226. The van der Waals surface area contributed by atoms with E-state index in [4.69, 9.17) is 0 Å². The summed E-state index contributed by atoms with van der Waals surface area (Å²) in [4.78, 5) is 2.63. The van der Waals surface area contributed by atoms with Crippen molar-refractivity contribution in [2.45, 2.75) is 72.1 Å². The van der Waals surface area contributed by atoms with E-state index >= 15 is 0 Å². The summed E-state index contributed by atoms with van der Waals surface area (Å²) in [7, 11) is 0. The number of aromatic nitrogens is 2. The van der Waals surface area contributed by atoms with Gasteiger partial charge in [-0.1, -0.05) is 13.8 Å². The molecule has 0 radical (unpaired) electrons. The van der Waals surface area contributed by atoms with Gasteiger partial charge in [-0.05, 0) is 49.5 Å². The zero-order valence-electron chi connectivity index (χ0n) is 14.0. The van der Waals surface area contributed by atoms with Crippen molar-refractivity contribution in [3.05, 3.63) is 15.9 Å². The van der Waals surface area contributed by atoms with Crippen LogP contribution in [0.15, 0.2) is 4.47 Å². The van der Waals surface area contributed by atoms with E-state index < -0.39 is 0 Å². The summed E-state index contributed by atoms with van der Waals surface area (Å²) in [5, 5.41) is 8.36. The van der Waals surface area contributed by atoms with Crippen LogP contribution in [-0.2, 0) is 13.1 Å². The third kappa shape index (κ3) is 3.51. The molecule has 0 bridgehead atoms. The second-order valence-electron chi connectivity index (χ2n) is 6.42. The SMILES string of the molecule is CCC1CNC(C)(CC)CN1Cc1c(Br)c(C)nn1CC. The molecule has 1 aromatic rings. The standard InChI is InChI=1S/C16H29BrN4/c1-6-13-9-18-16(5,7-2)11-20(13)10-14-15(17)12(4)19-21(14)8-3/h13,18H,6-11H2,1-5H3. The zero-order chi connectivity index (χ0) is 15.6. The Kier molecular flexibility index (Phi) is 5.49. The van der Waals surface area contributed by atoms with Crippen LogP contribution in [0.5, 0.6) is 0 Å². The number of nitrogens with one attached hydrogen (secondary N) is 1. The molecule has 1 aliphatic rings. The first-order valence-electron chi connectivity index (χ1n) is 8.15. The minimum absolute atomic E-state index is 0.226. The molecule has 21 heavy (non-hydrogen) atoms. The summed E-state index contributed by atoms with van der Waals surface area (Å²) in [5.74, 6) is 0. The first kappa shape index (κ1) is 17.0. The Hall–Kier alpha value is -0.390. The number of hydrogen-bond acceptors (Lipinski definition) is 3. The third-order valence-corrected chi connectivity index (χ3v) is 5.92. The smallest absolute Gasteiger partial charge is 0.0739 e. The average molecular weight is 357 g/mol. The van der Waals surface area contributed by atoms with Gasteiger partial charge in [-0.2, -0.15) is 5.10 Å². The first-order chi connectivity index (χ1) is 9.94. The van der Waals surface area contributed by atoms with Gasteiger partial charge in [0.25, 0.3) is 0 Å². The van der Waals surface area contributed by atoms with E-state index in [9.17, 15) is 0 Å².